The van der Waals surface area contributed by atoms with Gasteiger partial charge in [-0.15, -0.1) is 0 Å². The number of ether oxygens (including phenoxy) is 1. The zero-order chi connectivity index (χ0) is 22.5. The third-order valence-electron chi connectivity index (χ3n) is 5.35. The summed E-state index contributed by atoms with van der Waals surface area (Å²) in [7, 11) is 1.41. The number of methoxy groups -OCH3 is 1. The molecule has 3 aromatic rings. The molecule has 2 heterocycles. The number of aryl methyl sites for hydroxylation is 1. The Kier molecular flexibility index (Phi) is 6.65. The average molecular weight is 439 g/mol. The Morgan fingerprint density at radius 1 is 1.31 bits per heavy atom. The zero-order valence-electron chi connectivity index (χ0n) is 18.1. The minimum Gasteiger partial charge on any atom is -0.494 e. The maximum absolute atomic E-state index is 14.0. The molecule has 168 valence electrons. The number of likely N-dealkylation sites (tertiary alicyclic amines) is 1. The monoisotopic (exact) mass is 439 g/mol. The number of carbonyl (C=O) groups is 1. The van der Waals surface area contributed by atoms with Gasteiger partial charge in [-0.2, -0.15) is 4.98 Å². The first kappa shape index (κ1) is 21.8. The van der Waals surface area contributed by atoms with E-state index in [-0.39, 0.29) is 17.8 Å². The number of piperidine rings is 1. The van der Waals surface area contributed by atoms with E-state index in [0.29, 0.717) is 30.4 Å². The molecule has 1 aliphatic rings. The van der Waals surface area contributed by atoms with Crippen LogP contribution in [0.15, 0.2) is 47.0 Å². The fourth-order valence-corrected chi connectivity index (χ4v) is 3.83. The second-order valence-electron chi connectivity index (χ2n) is 7.90. The van der Waals surface area contributed by atoms with E-state index in [0.717, 1.165) is 30.6 Å². The number of rotatable bonds is 6. The normalized spacial score (nSPS) is 16.5. The molecule has 0 radical (unpaired) electrons. The van der Waals surface area contributed by atoms with Crippen molar-refractivity contribution >= 4 is 11.7 Å². The summed E-state index contributed by atoms with van der Waals surface area (Å²) in [6, 6.07) is 12.0. The lowest BCUT2D eigenvalue weighted by atomic mass is 10.1. The van der Waals surface area contributed by atoms with Crippen molar-refractivity contribution in [3.63, 3.8) is 0 Å². The van der Waals surface area contributed by atoms with Crippen LogP contribution in [-0.4, -0.2) is 47.3 Å². The molecule has 0 bridgehead atoms. The number of nitrogens with zero attached hydrogens (tertiary/aromatic N) is 3. The van der Waals surface area contributed by atoms with Crippen LogP contribution in [-0.2, 0) is 6.54 Å². The summed E-state index contributed by atoms with van der Waals surface area (Å²) >= 11 is 0. The fraction of sp³-hybridized carbons (Fsp3) is 0.348. The van der Waals surface area contributed by atoms with Gasteiger partial charge in [0.05, 0.1) is 13.7 Å². The van der Waals surface area contributed by atoms with Crippen LogP contribution in [0.5, 0.6) is 5.75 Å². The highest BCUT2D eigenvalue weighted by Crippen LogP contribution is 2.24. The van der Waals surface area contributed by atoms with Crippen molar-refractivity contribution < 1.29 is 18.4 Å². The number of urea groups is 1. The highest BCUT2D eigenvalue weighted by atomic mass is 19.1. The SMILES string of the molecule is COc1ccc(-c2noc(CN3CCC[C@@H](NC(=O)Nc4cccc(C)c4)C3)n2)cc1F. The summed E-state index contributed by atoms with van der Waals surface area (Å²) in [5, 5.41) is 9.89. The zero-order valence-corrected chi connectivity index (χ0v) is 18.1. The number of carbonyl (C=O) groups excluding carboxylic acids is 1. The van der Waals surface area contributed by atoms with Crippen molar-refractivity contribution in [1.82, 2.24) is 20.4 Å². The van der Waals surface area contributed by atoms with Gasteiger partial charge in [-0.05, 0) is 62.2 Å². The Hall–Kier alpha value is -3.46. The first-order chi connectivity index (χ1) is 15.5. The average Bonchev–Trinajstić information content (AvgIpc) is 3.22. The van der Waals surface area contributed by atoms with Crippen LogP contribution >= 0.6 is 0 Å². The van der Waals surface area contributed by atoms with E-state index in [4.69, 9.17) is 9.26 Å². The molecule has 2 amide bonds. The molecule has 1 saturated heterocycles. The Bertz CT molecular complexity index is 1090. The van der Waals surface area contributed by atoms with Crippen molar-refractivity contribution in [2.75, 3.05) is 25.5 Å². The molecule has 32 heavy (non-hydrogen) atoms. The first-order valence-electron chi connectivity index (χ1n) is 10.5. The molecule has 1 atom stereocenters. The highest BCUT2D eigenvalue weighted by Gasteiger charge is 2.23. The predicted octanol–water partition coefficient (Wildman–Crippen LogP) is 3.98. The van der Waals surface area contributed by atoms with E-state index in [9.17, 15) is 9.18 Å². The van der Waals surface area contributed by atoms with Gasteiger partial charge in [0, 0.05) is 23.8 Å². The standard InChI is InChI=1S/C23H26FN5O3/c1-15-5-3-6-17(11-15)25-23(30)26-18-7-4-10-29(13-18)14-21-27-22(28-32-21)16-8-9-20(31-2)19(24)12-16/h3,5-6,8-9,11-12,18H,4,7,10,13-14H2,1-2H3,(H2,25,26,30)/t18-/m1/s1. The molecular formula is C23H26FN5O3. The topological polar surface area (TPSA) is 92.5 Å². The third kappa shape index (κ3) is 5.42. The van der Waals surface area contributed by atoms with E-state index in [1.165, 1.54) is 19.2 Å². The van der Waals surface area contributed by atoms with Gasteiger partial charge in [-0.25, -0.2) is 9.18 Å². The Balaban J connectivity index is 1.32. The minimum atomic E-state index is -0.481. The lowest BCUT2D eigenvalue weighted by molar-refractivity contribution is 0.165. The van der Waals surface area contributed by atoms with Crippen LogP contribution in [0.3, 0.4) is 0 Å². The van der Waals surface area contributed by atoms with Crippen molar-refractivity contribution in [1.29, 1.82) is 0 Å². The molecular weight excluding hydrogens is 413 g/mol. The van der Waals surface area contributed by atoms with Crippen molar-refractivity contribution in [3.8, 4) is 17.1 Å². The summed E-state index contributed by atoms with van der Waals surface area (Å²) < 4.78 is 24.3. The smallest absolute Gasteiger partial charge is 0.319 e. The van der Waals surface area contributed by atoms with Gasteiger partial charge in [-0.1, -0.05) is 17.3 Å². The second kappa shape index (κ2) is 9.78. The molecule has 9 heteroatoms. The van der Waals surface area contributed by atoms with Crippen molar-refractivity contribution in [2.24, 2.45) is 0 Å². The molecule has 0 aliphatic carbocycles. The molecule has 0 spiro atoms. The van der Waals surface area contributed by atoms with Gasteiger partial charge in [0.15, 0.2) is 11.6 Å². The molecule has 2 N–H and O–H groups in total. The van der Waals surface area contributed by atoms with Crippen LogP contribution in [0.1, 0.15) is 24.3 Å². The number of hydrogen-bond donors (Lipinski definition) is 2. The Labute approximate surface area is 185 Å². The van der Waals surface area contributed by atoms with E-state index in [2.05, 4.69) is 25.7 Å². The van der Waals surface area contributed by atoms with Gasteiger partial charge in [-0.3, -0.25) is 4.90 Å². The maximum atomic E-state index is 14.0. The molecule has 2 aromatic carbocycles. The van der Waals surface area contributed by atoms with Gasteiger partial charge in [0.1, 0.15) is 0 Å². The van der Waals surface area contributed by atoms with Gasteiger partial charge in [0.2, 0.25) is 11.7 Å². The van der Waals surface area contributed by atoms with Crippen LogP contribution in [0, 0.1) is 12.7 Å². The molecule has 0 unspecified atom stereocenters. The lowest BCUT2D eigenvalue weighted by Gasteiger charge is -2.32. The first-order valence-corrected chi connectivity index (χ1v) is 10.5. The molecule has 4 rings (SSSR count). The fourth-order valence-electron chi connectivity index (χ4n) is 3.83. The summed E-state index contributed by atoms with van der Waals surface area (Å²) in [5.41, 5.74) is 2.37. The molecule has 1 aliphatic heterocycles. The number of anilines is 1. The van der Waals surface area contributed by atoms with Crippen molar-refractivity contribution in [3.05, 3.63) is 59.7 Å². The third-order valence-corrected chi connectivity index (χ3v) is 5.35. The summed E-state index contributed by atoms with van der Waals surface area (Å²) in [5.74, 6) is 0.452. The molecule has 1 aromatic heterocycles. The van der Waals surface area contributed by atoms with Crippen LogP contribution in [0.25, 0.3) is 11.4 Å². The van der Waals surface area contributed by atoms with Gasteiger partial charge < -0.3 is 19.9 Å². The maximum Gasteiger partial charge on any atom is 0.319 e. The number of aromatic nitrogens is 2. The van der Waals surface area contributed by atoms with E-state index in [1.807, 2.05) is 31.2 Å². The quantitative estimate of drug-likeness (QED) is 0.604. The van der Waals surface area contributed by atoms with Gasteiger partial charge in [0.25, 0.3) is 0 Å². The van der Waals surface area contributed by atoms with Crippen LogP contribution in [0.4, 0.5) is 14.9 Å². The molecule has 8 nitrogen and oxygen atoms in total. The second-order valence-corrected chi connectivity index (χ2v) is 7.90. The number of hydrogen-bond acceptors (Lipinski definition) is 6. The predicted molar refractivity (Wildman–Crippen MR) is 118 cm³/mol. The number of nitrogens with one attached hydrogen (secondary N) is 2. The van der Waals surface area contributed by atoms with E-state index in [1.54, 1.807) is 6.07 Å². The summed E-state index contributed by atoms with van der Waals surface area (Å²) in [6.45, 7) is 3.99. The van der Waals surface area contributed by atoms with Gasteiger partial charge >= 0.3 is 6.03 Å². The van der Waals surface area contributed by atoms with E-state index >= 15 is 0 Å². The van der Waals surface area contributed by atoms with Crippen molar-refractivity contribution in [2.45, 2.75) is 32.4 Å². The molecule has 1 fully saturated rings. The number of amides is 2. The summed E-state index contributed by atoms with van der Waals surface area (Å²) in [6.07, 6.45) is 1.85. The highest BCUT2D eigenvalue weighted by molar-refractivity contribution is 5.89. The number of benzene rings is 2. The minimum absolute atomic E-state index is 0.0200. The lowest BCUT2D eigenvalue weighted by Crippen LogP contribution is -2.48. The van der Waals surface area contributed by atoms with Crippen LogP contribution in [0.2, 0.25) is 0 Å². The van der Waals surface area contributed by atoms with Crippen LogP contribution < -0.4 is 15.4 Å². The Morgan fingerprint density at radius 3 is 2.97 bits per heavy atom. The van der Waals surface area contributed by atoms with E-state index < -0.39 is 5.82 Å². The number of halogens is 1. The largest absolute Gasteiger partial charge is 0.494 e. The Morgan fingerprint density at radius 2 is 2.19 bits per heavy atom. The summed E-state index contributed by atoms with van der Waals surface area (Å²) in [4.78, 5) is 18.9. The molecule has 0 saturated carbocycles.